The van der Waals surface area contributed by atoms with Gasteiger partial charge >= 0.3 is 0 Å². The second kappa shape index (κ2) is 2.94. The Bertz CT molecular complexity index is 361. The summed E-state index contributed by atoms with van der Waals surface area (Å²) in [5, 5.41) is 7.37. The minimum Gasteiger partial charge on any atom is -0.298 e. The molecule has 14 heavy (non-hydrogen) atoms. The zero-order valence-corrected chi connectivity index (χ0v) is 8.12. The van der Waals surface area contributed by atoms with Gasteiger partial charge in [-0.05, 0) is 25.7 Å². The molecule has 0 atom stereocenters. The second-order valence-corrected chi connectivity index (χ2v) is 4.46. The van der Waals surface area contributed by atoms with Crippen LogP contribution in [0.3, 0.4) is 0 Å². The van der Waals surface area contributed by atoms with Crippen LogP contribution in [-0.4, -0.2) is 16.5 Å². The van der Waals surface area contributed by atoms with Crippen molar-refractivity contribution in [2.75, 3.05) is 0 Å². The quantitative estimate of drug-likeness (QED) is 0.744. The molecule has 0 radical (unpaired) electrons. The lowest BCUT2D eigenvalue weighted by atomic mass is 9.81. The van der Waals surface area contributed by atoms with Gasteiger partial charge in [0, 0.05) is 17.5 Å². The topological polar surface area (TPSA) is 45.8 Å². The van der Waals surface area contributed by atoms with Gasteiger partial charge in [0.2, 0.25) is 0 Å². The fourth-order valence-corrected chi connectivity index (χ4v) is 2.18. The molecular formula is C11H14N2O. The second-order valence-electron chi connectivity index (χ2n) is 4.46. The Morgan fingerprint density at radius 3 is 2.50 bits per heavy atom. The summed E-state index contributed by atoms with van der Waals surface area (Å²) < 4.78 is 0. The van der Waals surface area contributed by atoms with Gasteiger partial charge in [-0.1, -0.05) is 6.42 Å². The summed E-state index contributed by atoms with van der Waals surface area (Å²) in [6, 6.07) is 0. The van der Waals surface area contributed by atoms with E-state index in [-0.39, 0.29) is 0 Å². The number of hydrogen-bond acceptors (Lipinski definition) is 2. The van der Waals surface area contributed by atoms with Crippen molar-refractivity contribution >= 4 is 6.29 Å². The number of nitrogens with zero attached hydrogens (tertiary/aromatic N) is 1. The van der Waals surface area contributed by atoms with Crippen LogP contribution in [0.25, 0.3) is 0 Å². The molecule has 2 fully saturated rings. The average molecular weight is 190 g/mol. The summed E-state index contributed by atoms with van der Waals surface area (Å²) >= 11 is 0. The highest BCUT2D eigenvalue weighted by Crippen LogP contribution is 2.44. The summed E-state index contributed by atoms with van der Waals surface area (Å²) in [5.41, 5.74) is 3.01. The third kappa shape index (κ3) is 1.11. The first-order chi connectivity index (χ1) is 6.90. The first kappa shape index (κ1) is 8.21. The number of aromatic amines is 1. The molecule has 3 rings (SSSR count). The standard InChI is InChI=1S/C11H14N2O/c14-6-9-10(7-2-1-3-7)12-13-11(9)8-4-5-8/h6-8H,1-5H2,(H,12,13). The van der Waals surface area contributed by atoms with Crippen molar-refractivity contribution in [2.24, 2.45) is 0 Å². The van der Waals surface area contributed by atoms with Crippen LogP contribution in [0.1, 0.15) is 65.7 Å². The third-order valence-electron chi connectivity index (χ3n) is 3.46. The van der Waals surface area contributed by atoms with Gasteiger partial charge in [0.05, 0.1) is 11.3 Å². The number of rotatable bonds is 3. The van der Waals surface area contributed by atoms with Crippen molar-refractivity contribution in [3.05, 3.63) is 17.0 Å². The molecule has 0 unspecified atom stereocenters. The number of carbonyl (C=O) groups excluding carboxylic acids is 1. The van der Waals surface area contributed by atoms with Gasteiger partial charge in [-0.2, -0.15) is 5.10 Å². The zero-order valence-electron chi connectivity index (χ0n) is 8.12. The highest BCUT2D eigenvalue weighted by Gasteiger charge is 2.32. The Morgan fingerprint density at radius 2 is 2.00 bits per heavy atom. The molecule has 0 bridgehead atoms. The van der Waals surface area contributed by atoms with E-state index in [4.69, 9.17) is 0 Å². The molecule has 2 aliphatic carbocycles. The van der Waals surface area contributed by atoms with E-state index in [9.17, 15) is 4.79 Å². The fourth-order valence-electron chi connectivity index (χ4n) is 2.18. The minimum atomic E-state index is 0.555. The molecule has 1 aromatic heterocycles. The van der Waals surface area contributed by atoms with Crippen LogP contribution < -0.4 is 0 Å². The molecular weight excluding hydrogens is 176 g/mol. The maximum atomic E-state index is 11.0. The maximum Gasteiger partial charge on any atom is 0.153 e. The molecule has 3 heteroatoms. The monoisotopic (exact) mass is 190 g/mol. The summed E-state index contributed by atoms with van der Waals surface area (Å²) in [5.74, 6) is 1.15. The number of nitrogens with one attached hydrogen (secondary N) is 1. The highest BCUT2D eigenvalue weighted by molar-refractivity contribution is 5.79. The third-order valence-corrected chi connectivity index (χ3v) is 3.46. The summed E-state index contributed by atoms with van der Waals surface area (Å²) in [7, 11) is 0. The van der Waals surface area contributed by atoms with E-state index >= 15 is 0 Å². The van der Waals surface area contributed by atoms with E-state index in [1.165, 1.54) is 32.1 Å². The smallest absolute Gasteiger partial charge is 0.153 e. The summed E-state index contributed by atoms with van der Waals surface area (Å²) in [6.07, 6.45) is 7.12. The van der Waals surface area contributed by atoms with Gasteiger partial charge in [0.15, 0.2) is 6.29 Å². The van der Waals surface area contributed by atoms with Crippen LogP contribution in [0, 0.1) is 0 Å². The van der Waals surface area contributed by atoms with Crippen molar-refractivity contribution in [1.29, 1.82) is 0 Å². The molecule has 0 aliphatic heterocycles. The minimum absolute atomic E-state index is 0.555. The average Bonchev–Trinajstić information content (AvgIpc) is 2.86. The Labute approximate surface area is 82.9 Å². The Morgan fingerprint density at radius 1 is 1.21 bits per heavy atom. The van der Waals surface area contributed by atoms with Crippen molar-refractivity contribution in [1.82, 2.24) is 10.2 Å². The molecule has 1 N–H and O–H groups in total. The number of hydrogen-bond donors (Lipinski definition) is 1. The van der Waals surface area contributed by atoms with E-state index in [0.29, 0.717) is 11.8 Å². The fraction of sp³-hybridized carbons (Fsp3) is 0.636. The van der Waals surface area contributed by atoms with E-state index in [0.717, 1.165) is 23.2 Å². The van der Waals surface area contributed by atoms with Gasteiger partial charge in [0.25, 0.3) is 0 Å². The zero-order chi connectivity index (χ0) is 9.54. The molecule has 0 amide bonds. The van der Waals surface area contributed by atoms with Crippen molar-refractivity contribution in [3.8, 4) is 0 Å². The summed E-state index contributed by atoms with van der Waals surface area (Å²) in [6.45, 7) is 0. The lowest BCUT2D eigenvalue weighted by Crippen LogP contribution is -2.11. The van der Waals surface area contributed by atoms with Crippen LogP contribution in [0.15, 0.2) is 0 Å². The van der Waals surface area contributed by atoms with Crippen LogP contribution in [0.5, 0.6) is 0 Å². The maximum absolute atomic E-state index is 11.0. The summed E-state index contributed by atoms with van der Waals surface area (Å²) in [4.78, 5) is 11.0. The molecule has 0 aromatic carbocycles. The van der Waals surface area contributed by atoms with E-state index in [1.807, 2.05) is 0 Å². The molecule has 74 valence electrons. The molecule has 2 aliphatic rings. The van der Waals surface area contributed by atoms with Gasteiger partial charge < -0.3 is 0 Å². The Balaban J connectivity index is 1.97. The highest BCUT2D eigenvalue weighted by atomic mass is 16.1. The molecule has 0 saturated heterocycles. The van der Waals surface area contributed by atoms with Gasteiger partial charge in [-0.25, -0.2) is 0 Å². The van der Waals surface area contributed by atoms with Crippen LogP contribution in [0.2, 0.25) is 0 Å². The number of aldehydes is 1. The SMILES string of the molecule is O=Cc1c(C2CCC2)n[nH]c1C1CC1. The van der Waals surface area contributed by atoms with Gasteiger partial charge in [0.1, 0.15) is 0 Å². The van der Waals surface area contributed by atoms with Crippen LogP contribution >= 0.6 is 0 Å². The first-order valence-electron chi connectivity index (χ1n) is 5.43. The lowest BCUT2D eigenvalue weighted by Gasteiger charge is -2.23. The Kier molecular flexibility index (Phi) is 1.72. The molecule has 0 spiro atoms. The number of aromatic nitrogens is 2. The van der Waals surface area contributed by atoms with E-state index in [1.54, 1.807) is 0 Å². The number of carbonyl (C=O) groups is 1. The normalized spacial score (nSPS) is 22.0. The predicted octanol–water partition coefficient (Wildman–Crippen LogP) is 2.37. The molecule has 3 nitrogen and oxygen atoms in total. The van der Waals surface area contributed by atoms with Gasteiger partial charge in [-0.15, -0.1) is 0 Å². The van der Waals surface area contributed by atoms with Crippen molar-refractivity contribution < 1.29 is 4.79 Å². The largest absolute Gasteiger partial charge is 0.298 e. The molecule has 1 heterocycles. The van der Waals surface area contributed by atoms with Crippen LogP contribution in [-0.2, 0) is 0 Å². The molecule has 2 saturated carbocycles. The van der Waals surface area contributed by atoms with E-state index in [2.05, 4.69) is 10.2 Å². The molecule has 1 aromatic rings. The van der Waals surface area contributed by atoms with E-state index < -0.39 is 0 Å². The first-order valence-corrected chi connectivity index (χ1v) is 5.43. The Hall–Kier alpha value is -1.12. The number of H-pyrrole nitrogens is 1. The van der Waals surface area contributed by atoms with Crippen LogP contribution in [0.4, 0.5) is 0 Å². The van der Waals surface area contributed by atoms with Crippen molar-refractivity contribution in [3.63, 3.8) is 0 Å². The van der Waals surface area contributed by atoms with Crippen molar-refractivity contribution in [2.45, 2.75) is 43.9 Å². The lowest BCUT2D eigenvalue weighted by molar-refractivity contribution is 0.112. The predicted molar refractivity (Wildman–Crippen MR) is 52.5 cm³/mol. The van der Waals surface area contributed by atoms with Gasteiger partial charge in [-0.3, -0.25) is 9.89 Å².